The van der Waals surface area contributed by atoms with Crippen molar-refractivity contribution in [2.45, 2.75) is 19.6 Å². The SMILES string of the molecule is CC(OC(=O)CNC(=O)c1cccc(OC(F)F)c1)C(=O)c1ccc(NS(C)(=O)=O)cc1. The molecule has 1 atom stereocenters. The lowest BCUT2D eigenvalue weighted by atomic mass is 10.1. The zero-order valence-electron chi connectivity index (χ0n) is 17.0. The van der Waals surface area contributed by atoms with Crippen LogP contribution in [0.25, 0.3) is 0 Å². The van der Waals surface area contributed by atoms with Crippen molar-refractivity contribution in [3.05, 3.63) is 59.7 Å². The Labute approximate surface area is 182 Å². The average Bonchev–Trinajstić information content (AvgIpc) is 2.70. The lowest BCUT2D eigenvalue weighted by molar-refractivity contribution is -0.145. The van der Waals surface area contributed by atoms with E-state index in [0.29, 0.717) is 0 Å². The van der Waals surface area contributed by atoms with Gasteiger partial charge in [-0.05, 0) is 49.4 Å². The van der Waals surface area contributed by atoms with E-state index in [4.69, 9.17) is 4.74 Å². The molecule has 1 amide bonds. The number of nitrogens with one attached hydrogen (secondary N) is 2. The van der Waals surface area contributed by atoms with Crippen molar-refractivity contribution in [1.29, 1.82) is 0 Å². The third-order valence-corrected chi connectivity index (χ3v) is 4.47. The summed E-state index contributed by atoms with van der Waals surface area (Å²) < 4.78 is 58.4. The fourth-order valence-electron chi connectivity index (χ4n) is 2.51. The monoisotopic (exact) mass is 470 g/mol. The lowest BCUT2D eigenvalue weighted by Gasteiger charge is -2.13. The highest BCUT2D eigenvalue weighted by Gasteiger charge is 2.20. The van der Waals surface area contributed by atoms with Crippen LogP contribution in [-0.2, 0) is 19.6 Å². The number of carbonyl (C=O) groups excluding carboxylic acids is 3. The number of Topliss-reactive ketones (excluding diaryl/α,β-unsaturated/α-hetero) is 1. The summed E-state index contributed by atoms with van der Waals surface area (Å²) in [5.74, 6) is -2.37. The molecule has 172 valence electrons. The summed E-state index contributed by atoms with van der Waals surface area (Å²) in [7, 11) is -3.46. The molecule has 0 bridgehead atoms. The molecule has 0 aromatic heterocycles. The third-order valence-electron chi connectivity index (χ3n) is 3.86. The summed E-state index contributed by atoms with van der Waals surface area (Å²) >= 11 is 0. The molecule has 0 saturated heterocycles. The van der Waals surface area contributed by atoms with Crippen molar-refractivity contribution in [1.82, 2.24) is 5.32 Å². The van der Waals surface area contributed by atoms with E-state index in [2.05, 4.69) is 14.8 Å². The van der Waals surface area contributed by atoms with Gasteiger partial charge in [-0.2, -0.15) is 8.78 Å². The van der Waals surface area contributed by atoms with E-state index in [1.54, 1.807) is 0 Å². The summed E-state index contributed by atoms with van der Waals surface area (Å²) in [5.41, 5.74) is 0.437. The number of alkyl halides is 2. The molecule has 12 heteroatoms. The summed E-state index contributed by atoms with van der Waals surface area (Å²) in [5, 5.41) is 2.26. The van der Waals surface area contributed by atoms with Crippen molar-refractivity contribution in [2.24, 2.45) is 0 Å². The maximum absolute atomic E-state index is 12.4. The number of hydrogen-bond acceptors (Lipinski definition) is 7. The van der Waals surface area contributed by atoms with Gasteiger partial charge in [0, 0.05) is 16.8 Å². The lowest BCUT2D eigenvalue weighted by Crippen LogP contribution is -2.34. The number of ether oxygens (including phenoxy) is 2. The molecule has 0 aliphatic rings. The molecule has 0 heterocycles. The van der Waals surface area contributed by atoms with Gasteiger partial charge < -0.3 is 14.8 Å². The molecular formula is C20H20F2N2O7S. The molecule has 0 saturated carbocycles. The maximum Gasteiger partial charge on any atom is 0.387 e. The van der Waals surface area contributed by atoms with E-state index in [9.17, 15) is 31.6 Å². The molecule has 2 rings (SSSR count). The number of amides is 1. The number of hydrogen-bond donors (Lipinski definition) is 2. The Morgan fingerprint density at radius 3 is 2.28 bits per heavy atom. The van der Waals surface area contributed by atoms with Crippen LogP contribution in [0.5, 0.6) is 5.75 Å². The Hall–Kier alpha value is -3.54. The normalized spacial score (nSPS) is 12.0. The standard InChI is InChI=1S/C20H20F2N2O7S/c1-12(18(26)13-6-8-15(9-7-13)24-32(2,28)29)30-17(25)11-23-19(27)14-4-3-5-16(10-14)31-20(21)22/h3-10,12,20,24H,11H2,1-2H3,(H,23,27). The minimum Gasteiger partial charge on any atom is -0.453 e. The minimum absolute atomic E-state index is 0.0112. The van der Waals surface area contributed by atoms with Crippen molar-refractivity contribution < 1.29 is 41.1 Å². The zero-order chi connectivity index (χ0) is 23.9. The van der Waals surface area contributed by atoms with Gasteiger partial charge in [0.15, 0.2) is 6.10 Å². The number of sulfonamides is 1. The van der Waals surface area contributed by atoms with Crippen LogP contribution in [0.1, 0.15) is 27.6 Å². The second-order valence-corrected chi connectivity index (χ2v) is 8.29. The largest absolute Gasteiger partial charge is 0.453 e. The predicted molar refractivity (Wildman–Crippen MR) is 110 cm³/mol. The molecule has 0 aliphatic heterocycles. The molecule has 0 aliphatic carbocycles. The van der Waals surface area contributed by atoms with Crippen molar-refractivity contribution in [3.8, 4) is 5.75 Å². The van der Waals surface area contributed by atoms with E-state index in [1.165, 1.54) is 49.4 Å². The van der Waals surface area contributed by atoms with Crippen LogP contribution in [0.15, 0.2) is 48.5 Å². The molecule has 2 aromatic carbocycles. The number of halogens is 2. The van der Waals surface area contributed by atoms with E-state index >= 15 is 0 Å². The van der Waals surface area contributed by atoms with Crippen molar-refractivity contribution in [3.63, 3.8) is 0 Å². The first-order valence-corrected chi connectivity index (χ1v) is 11.0. The van der Waals surface area contributed by atoms with Crippen LogP contribution in [0, 0.1) is 0 Å². The Kier molecular flexibility index (Phi) is 8.24. The predicted octanol–water partition coefficient (Wildman–Crippen LogP) is 2.20. The highest BCUT2D eigenvalue weighted by Crippen LogP contribution is 2.16. The molecule has 0 fully saturated rings. The molecule has 2 aromatic rings. The van der Waals surface area contributed by atoms with Crippen LogP contribution in [0.2, 0.25) is 0 Å². The number of benzene rings is 2. The smallest absolute Gasteiger partial charge is 0.387 e. The number of ketones is 1. The minimum atomic E-state index is -3.46. The Bertz CT molecular complexity index is 1090. The van der Waals surface area contributed by atoms with E-state index in [-0.39, 0.29) is 22.6 Å². The topological polar surface area (TPSA) is 128 Å². The van der Waals surface area contributed by atoms with Crippen LogP contribution >= 0.6 is 0 Å². The highest BCUT2D eigenvalue weighted by atomic mass is 32.2. The van der Waals surface area contributed by atoms with E-state index in [0.717, 1.165) is 12.3 Å². The molecule has 0 spiro atoms. The number of esters is 1. The third kappa shape index (κ3) is 7.95. The van der Waals surface area contributed by atoms with Gasteiger partial charge in [-0.25, -0.2) is 8.42 Å². The first-order valence-electron chi connectivity index (χ1n) is 9.09. The fraction of sp³-hybridized carbons (Fsp3) is 0.250. The second kappa shape index (κ2) is 10.7. The fourth-order valence-corrected chi connectivity index (χ4v) is 3.08. The molecule has 0 radical (unpaired) electrons. The zero-order valence-corrected chi connectivity index (χ0v) is 17.8. The molecular weight excluding hydrogens is 450 g/mol. The number of rotatable bonds is 10. The van der Waals surface area contributed by atoms with Gasteiger partial charge >= 0.3 is 12.6 Å². The summed E-state index contributed by atoms with van der Waals surface area (Å²) in [4.78, 5) is 36.4. The van der Waals surface area contributed by atoms with Gasteiger partial charge in [-0.1, -0.05) is 6.07 Å². The average molecular weight is 470 g/mol. The van der Waals surface area contributed by atoms with Crippen LogP contribution in [0.3, 0.4) is 0 Å². The van der Waals surface area contributed by atoms with E-state index in [1.807, 2.05) is 0 Å². The van der Waals surface area contributed by atoms with Crippen molar-refractivity contribution >= 4 is 33.4 Å². The quantitative estimate of drug-likeness (QED) is 0.402. The molecule has 1 unspecified atom stereocenters. The maximum atomic E-state index is 12.4. The van der Waals surface area contributed by atoms with E-state index < -0.39 is 46.9 Å². The van der Waals surface area contributed by atoms with Gasteiger partial charge in [0.05, 0.1) is 6.26 Å². The first kappa shape index (κ1) is 24.7. The summed E-state index contributed by atoms with van der Waals surface area (Å²) in [6.45, 7) is -2.27. The second-order valence-electron chi connectivity index (χ2n) is 6.54. The van der Waals surface area contributed by atoms with Gasteiger partial charge in [0.2, 0.25) is 15.8 Å². The Balaban J connectivity index is 1.88. The first-order chi connectivity index (χ1) is 14.9. The summed E-state index contributed by atoms with van der Waals surface area (Å²) in [6, 6.07) is 10.5. The van der Waals surface area contributed by atoms with Crippen LogP contribution in [0.4, 0.5) is 14.5 Å². The van der Waals surface area contributed by atoms with Gasteiger partial charge in [0.1, 0.15) is 12.3 Å². The van der Waals surface area contributed by atoms with Gasteiger partial charge in [0.25, 0.3) is 5.91 Å². The molecule has 2 N–H and O–H groups in total. The van der Waals surface area contributed by atoms with Crippen LogP contribution < -0.4 is 14.8 Å². The molecule has 9 nitrogen and oxygen atoms in total. The molecule has 32 heavy (non-hydrogen) atoms. The van der Waals surface area contributed by atoms with Gasteiger partial charge in [-0.3, -0.25) is 19.1 Å². The number of anilines is 1. The number of carbonyl (C=O) groups is 3. The van der Waals surface area contributed by atoms with Crippen LogP contribution in [-0.4, -0.2) is 51.6 Å². The Morgan fingerprint density at radius 1 is 1.03 bits per heavy atom. The Morgan fingerprint density at radius 2 is 1.69 bits per heavy atom. The highest BCUT2D eigenvalue weighted by molar-refractivity contribution is 7.92. The van der Waals surface area contributed by atoms with Crippen molar-refractivity contribution in [2.75, 3.05) is 17.5 Å². The van der Waals surface area contributed by atoms with Gasteiger partial charge in [-0.15, -0.1) is 0 Å². The summed E-state index contributed by atoms with van der Waals surface area (Å²) in [6.07, 6.45) is -0.184.